The number of nitrogens with one attached hydrogen (secondary N) is 2. The zero-order chi connectivity index (χ0) is 14.0. The third-order valence-electron chi connectivity index (χ3n) is 3.03. The molecule has 1 atom stereocenters. The van der Waals surface area contributed by atoms with Gasteiger partial charge in [0.25, 0.3) is 11.5 Å². The zero-order valence-electron chi connectivity index (χ0n) is 10.0. The lowest BCUT2D eigenvalue weighted by Crippen LogP contribution is -2.33. The molecular weight excluding hydrogens is 254 g/mol. The number of hydrogen-bond acceptors (Lipinski definition) is 4. The first kappa shape index (κ1) is 13.1. The van der Waals surface area contributed by atoms with Gasteiger partial charge in [0, 0.05) is 25.6 Å². The van der Waals surface area contributed by atoms with Crippen LogP contribution in [0.15, 0.2) is 15.7 Å². The number of amides is 1. The van der Waals surface area contributed by atoms with Gasteiger partial charge in [-0.05, 0) is 12.3 Å². The summed E-state index contributed by atoms with van der Waals surface area (Å²) in [5.74, 6) is -1.45. The van der Waals surface area contributed by atoms with Crippen molar-refractivity contribution in [3.63, 3.8) is 0 Å². The minimum absolute atomic E-state index is 0.00960. The highest BCUT2D eigenvalue weighted by atomic mass is 16.4. The second kappa shape index (κ2) is 5.09. The smallest absolute Gasteiger partial charge is 0.326 e. The van der Waals surface area contributed by atoms with E-state index in [0.717, 1.165) is 6.07 Å². The number of aliphatic carboxylic acids is 1. The molecule has 0 radical (unpaired) electrons. The Labute approximate surface area is 107 Å². The monoisotopic (exact) mass is 267 g/mol. The van der Waals surface area contributed by atoms with Crippen LogP contribution >= 0.6 is 0 Å². The van der Waals surface area contributed by atoms with Gasteiger partial charge in [0.15, 0.2) is 0 Å². The number of H-pyrrole nitrogens is 2. The van der Waals surface area contributed by atoms with Gasteiger partial charge < -0.3 is 15.0 Å². The summed E-state index contributed by atoms with van der Waals surface area (Å²) >= 11 is 0. The maximum absolute atomic E-state index is 12.0. The van der Waals surface area contributed by atoms with Crippen LogP contribution in [0.5, 0.6) is 0 Å². The summed E-state index contributed by atoms with van der Waals surface area (Å²) in [6.07, 6.45) is 0.612. The molecule has 19 heavy (non-hydrogen) atoms. The van der Waals surface area contributed by atoms with Crippen molar-refractivity contribution in [2.75, 3.05) is 13.1 Å². The lowest BCUT2D eigenvalue weighted by Gasteiger charge is -2.15. The van der Waals surface area contributed by atoms with Crippen molar-refractivity contribution in [2.24, 2.45) is 5.92 Å². The lowest BCUT2D eigenvalue weighted by atomic mass is 10.1. The largest absolute Gasteiger partial charge is 0.481 e. The molecule has 3 N–H and O–H groups in total. The van der Waals surface area contributed by atoms with Crippen LogP contribution in [0.3, 0.4) is 0 Å². The number of aromatic amines is 2. The van der Waals surface area contributed by atoms with Crippen LogP contribution in [0, 0.1) is 5.92 Å². The van der Waals surface area contributed by atoms with Crippen molar-refractivity contribution in [3.8, 4) is 0 Å². The molecule has 2 rings (SSSR count). The average molecular weight is 267 g/mol. The third kappa shape index (κ3) is 3.09. The summed E-state index contributed by atoms with van der Waals surface area (Å²) in [6.45, 7) is 0.742. The number of carbonyl (C=O) groups excluding carboxylic acids is 1. The molecule has 1 aromatic heterocycles. The molecule has 1 fully saturated rings. The molecule has 0 aliphatic carbocycles. The van der Waals surface area contributed by atoms with E-state index in [1.165, 1.54) is 4.90 Å². The van der Waals surface area contributed by atoms with Crippen LogP contribution in [-0.2, 0) is 4.79 Å². The van der Waals surface area contributed by atoms with Gasteiger partial charge in [0.1, 0.15) is 5.69 Å². The fourth-order valence-electron chi connectivity index (χ4n) is 2.18. The second-order valence-electron chi connectivity index (χ2n) is 4.51. The molecule has 0 bridgehead atoms. The maximum atomic E-state index is 12.0. The number of carbonyl (C=O) groups is 2. The first-order chi connectivity index (χ1) is 8.95. The topological polar surface area (TPSA) is 123 Å². The van der Waals surface area contributed by atoms with Crippen LogP contribution in [-0.4, -0.2) is 44.9 Å². The van der Waals surface area contributed by atoms with Crippen molar-refractivity contribution in [1.29, 1.82) is 0 Å². The zero-order valence-corrected chi connectivity index (χ0v) is 10.0. The normalized spacial score (nSPS) is 18.5. The molecule has 1 aliphatic heterocycles. The fraction of sp³-hybridized carbons (Fsp3) is 0.455. The molecule has 1 saturated heterocycles. The highest BCUT2D eigenvalue weighted by Gasteiger charge is 2.28. The van der Waals surface area contributed by atoms with E-state index in [2.05, 4.69) is 4.98 Å². The molecule has 1 unspecified atom stereocenters. The molecule has 0 saturated carbocycles. The van der Waals surface area contributed by atoms with E-state index in [0.29, 0.717) is 19.5 Å². The van der Waals surface area contributed by atoms with Crippen LogP contribution < -0.4 is 11.2 Å². The Bertz CT molecular complexity index is 589. The molecule has 8 nitrogen and oxygen atoms in total. The number of carboxylic acid groups (broad SMARTS) is 1. The van der Waals surface area contributed by atoms with Gasteiger partial charge in [-0.2, -0.15) is 0 Å². The molecule has 1 aliphatic rings. The van der Waals surface area contributed by atoms with E-state index in [-0.39, 0.29) is 18.0 Å². The van der Waals surface area contributed by atoms with Crippen LogP contribution in [0.25, 0.3) is 0 Å². The van der Waals surface area contributed by atoms with Crippen molar-refractivity contribution in [3.05, 3.63) is 32.6 Å². The van der Waals surface area contributed by atoms with Crippen molar-refractivity contribution in [2.45, 2.75) is 12.8 Å². The summed E-state index contributed by atoms with van der Waals surface area (Å²) < 4.78 is 0. The Morgan fingerprint density at radius 3 is 2.74 bits per heavy atom. The molecule has 102 valence electrons. The van der Waals surface area contributed by atoms with Gasteiger partial charge in [-0.1, -0.05) is 0 Å². The van der Waals surface area contributed by atoms with E-state index in [1.54, 1.807) is 0 Å². The summed E-state index contributed by atoms with van der Waals surface area (Å²) in [6, 6.07) is 1.02. The molecule has 1 amide bonds. The Morgan fingerprint density at radius 1 is 1.37 bits per heavy atom. The van der Waals surface area contributed by atoms with Gasteiger partial charge in [-0.25, -0.2) is 4.79 Å². The minimum atomic E-state index is -0.899. The number of carboxylic acids is 1. The van der Waals surface area contributed by atoms with Crippen LogP contribution in [0.2, 0.25) is 0 Å². The highest BCUT2D eigenvalue weighted by molar-refractivity contribution is 5.92. The van der Waals surface area contributed by atoms with E-state index in [1.807, 2.05) is 4.98 Å². The number of likely N-dealkylation sites (tertiary alicyclic amines) is 1. The Morgan fingerprint density at radius 2 is 2.11 bits per heavy atom. The molecule has 8 heteroatoms. The van der Waals surface area contributed by atoms with Crippen LogP contribution in [0.4, 0.5) is 0 Å². The Kier molecular flexibility index (Phi) is 3.50. The number of rotatable bonds is 3. The van der Waals surface area contributed by atoms with Gasteiger partial charge in [-0.15, -0.1) is 0 Å². The number of aromatic nitrogens is 2. The fourth-order valence-corrected chi connectivity index (χ4v) is 2.18. The quantitative estimate of drug-likeness (QED) is 0.648. The number of nitrogens with zero attached hydrogens (tertiary/aromatic N) is 1. The predicted octanol–water partition coefficient (Wildman–Crippen LogP) is -1.000. The standard InChI is InChI=1S/C11H13N3O5/c15-8-4-7(12-11(19)13-8)10(18)14-2-1-6(5-14)3-9(16)17/h4,6H,1-3,5H2,(H,16,17)(H2,12,13,15,19). The first-order valence-corrected chi connectivity index (χ1v) is 5.80. The summed E-state index contributed by atoms with van der Waals surface area (Å²) in [4.78, 5) is 50.5. The molecule has 0 spiro atoms. The van der Waals surface area contributed by atoms with Crippen molar-refractivity contribution < 1.29 is 14.7 Å². The molecular formula is C11H13N3O5. The molecule has 2 heterocycles. The van der Waals surface area contributed by atoms with Gasteiger partial charge >= 0.3 is 11.7 Å². The summed E-state index contributed by atoms with van der Waals surface area (Å²) in [5, 5.41) is 8.69. The first-order valence-electron chi connectivity index (χ1n) is 5.80. The lowest BCUT2D eigenvalue weighted by molar-refractivity contribution is -0.138. The average Bonchev–Trinajstić information content (AvgIpc) is 2.74. The van der Waals surface area contributed by atoms with Crippen LogP contribution in [0.1, 0.15) is 23.3 Å². The van der Waals surface area contributed by atoms with E-state index < -0.39 is 23.1 Å². The summed E-state index contributed by atoms with van der Waals surface area (Å²) in [5.41, 5.74) is -1.46. The third-order valence-corrected chi connectivity index (χ3v) is 3.03. The molecule has 1 aromatic rings. The van der Waals surface area contributed by atoms with Crippen molar-refractivity contribution in [1.82, 2.24) is 14.9 Å². The van der Waals surface area contributed by atoms with E-state index >= 15 is 0 Å². The maximum Gasteiger partial charge on any atom is 0.326 e. The van der Waals surface area contributed by atoms with Gasteiger partial charge in [0.05, 0.1) is 0 Å². The summed E-state index contributed by atoms with van der Waals surface area (Å²) in [7, 11) is 0. The van der Waals surface area contributed by atoms with E-state index in [9.17, 15) is 19.2 Å². The van der Waals surface area contributed by atoms with Crippen molar-refractivity contribution >= 4 is 11.9 Å². The van der Waals surface area contributed by atoms with E-state index in [4.69, 9.17) is 5.11 Å². The Hall–Kier alpha value is -2.38. The van der Waals surface area contributed by atoms with Gasteiger partial charge in [0.2, 0.25) is 0 Å². The number of hydrogen-bond donors (Lipinski definition) is 3. The van der Waals surface area contributed by atoms with Gasteiger partial charge in [-0.3, -0.25) is 19.4 Å². The molecule has 0 aromatic carbocycles. The highest BCUT2D eigenvalue weighted by Crippen LogP contribution is 2.20. The Balaban J connectivity index is 2.11. The SMILES string of the molecule is O=C(O)CC1CCN(C(=O)c2cc(=O)[nH]c(=O)[nH]2)C1. The second-order valence-corrected chi connectivity index (χ2v) is 4.51. The predicted molar refractivity (Wildman–Crippen MR) is 63.9 cm³/mol. The minimum Gasteiger partial charge on any atom is -0.481 e.